The molecule has 0 spiro atoms. The maximum Gasteiger partial charge on any atom is 0.276 e. The van der Waals surface area contributed by atoms with Gasteiger partial charge in [0.1, 0.15) is 5.76 Å². The molecule has 2 aromatic heterocycles. The lowest BCUT2D eigenvalue weighted by Gasteiger charge is -2.32. The molecule has 0 bridgehead atoms. The SMILES string of the molecule is CC(C)(C)c1cn(CC2CCCN(C(=O)c3noc4c3CCCC4)C2)nn1. The Bertz CT molecular complexity index is 817. The number of fused-ring (bicyclic) bond motifs is 1. The summed E-state index contributed by atoms with van der Waals surface area (Å²) in [5.41, 5.74) is 2.58. The van der Waals surface area contributed by atoms with Gasteiger partial charge >= 0.3 is 0 Å². The molecule has 3 heterocycles. The second-order valence-electron chi connectivity index (χ2n) is 8.98. The van der Waals surface area contributed by atoms with E-state index < -0.39 is 0 Å². The number of piperidine rings is 1. The van der Waals surface area contributed by atoms with Gasteiger partial charge in [-0.3, -0.25) is 9.48 Å². The summed E-state index contributed by atoms with van der Waals surface area (Å²) in [5.74, 6) is 1.33. The van der Waals surface area contributed by atoms with Crippen LogP contribution in [0.1, 0.15) is 74.0 Å². The molecule has 1 atom stereocenters. The fourth-order valence-corrected chi connectivity index (χ4v) is 4.10. The van der Waals surface area contributed by atoms with Gasteiger partial charge in [-0.05, 0) is 38.0 Å². The second-order valence-corrected chi connectivity index (χ2v) is 8.98. The number of aryl methyl sites for hydroxylation is 1. The first-order valence-electron chi connectivity index (χ1n) is 10.1. The molecule has 0 radical (unpaired) electrons. The summed E-state index contributed by atoms with van der Waals surface area (Å²) >= 11 is 0. The minimum Gasteiger partial charge on any atom is -0.360 e. The number of carbonyl (C=O) groups excluding carboxylic acids is 1. The first-order chi connectivity index (χ1) is 12.9. The van der Waals surface area contributed by atoms with E-state index in [2.05, 4.69) is 36.2 Å². The minimum atomic E-state index is -0.00113. The first kappa shape index (κ1) is 18.2. The number of hydrogen-bond donors (Lipinski definition) is 0. The summed E-state index contributed by atoms with van der Waals surface area (Å²) < 4.78 is 7.36. The molecule has 0 aromatic carbocycles. The molecule has 7 nitrogen and oxygen atoms in total. The second kappa shape index (κ2) is 7.09. The molecule has 7 heteroatoms. The van der Waals surface area contributed by atoms with Gasteiger partial charge in [-0.2, -0.15) is 0 Å². The summed E-state index contributed by atoms with van der Waals surface area (Å²) in [6.07, 6.45) is 8.19. The third-order valence-electron chi connectivity index (χ3n) is 5.71. The van der Waals surface area contributed by atoms with E-state index in [-0.39, 0.29) is 11.3 Å². The van der Waals surface area contributed by atoms with Gasteiger partial charge < -0.3 is 9.42 Å². The zero-order chi connectivity index (χ0) is 19.0. The zero-order valence-electron chi connectivity index (χ0n) is 16.6. The normalized spacial score (nSPS) is 20.6. The molecular weight excluding hydrogens is 342 g/mol. The van der Waals surface area contributed by atoms with Crippen LogP contribution >= 0.6 is 0 Å². The van der Waals surface area contributed by atoms with Crippen LogP contribution in [-0.2, 0) is 24.8 Å². The van der Waals surface area contributed by atoms with Crippen LogP contribution in [0.4, 0.5) is 0 Å². The Morgan fingerprint density at radius 2 is 2.07 bits per heavy atom. The Hall–Kier alpha value is -2.18. The largest absolute Gasteiger partial charge is 0.360 e. The number of likely N-dealkylation sites (tertiary alicyclic amines) is 1. The van der Waals surface area contributed by atoms with Crippen molar-refractivity contribution in [2.75, 3.05) is 13.1 Å². The van der Waals surface area contributed by atoms with E-state index in [4.69, 9.17) is 4.52 Å². The number of nitrogens with zero attached hydrogens (tertiary/aromatic N) is 5. The van der Waals surface area contributed by atoms with E-state index in [0.717, 1.165) is 75.2 Å². The van der Waals surface area contributed by atoms with Gasteiger partial charge in [0.2, 0.25) is 0 Å². The van der Waals surface area contributed by atoms with E-state index in [0.29, 0.717) is 11.6 Å². The number of carbonyl (C=O) groups is 1. The minimum absolute atomic E-state index is 0.00113. The molecule has 1 aliphatic carbocycles. The molecule has 0 N–H and O–H groups in total. The van der Waals surface area contributed by atoms with Gasteiger partial charge in [0.25, 0.3) is 5.91 Å². The lowest BCUT2D eigenvalue weighted by molar-refractivity contribution is 0.0648. The lowest BCUT2D eigenvalue weighted by atomic mass is 9.93. The summed E-state index contributed by atoms with van der Waals surface area (Å²) in [7, 11) is 0. The standard InChI is InChI=1S/C20H29N5O2/c1-20(2,3)17-13-25(23-21-17)12-14-7-6-10-24(11-14)19(26)18-15-8-4-5-9-16(15)27-22-18/h13-14H,4-12H2,1-3H3. The van der Waals surface area contributed by atoms with Crippen LogP contribution in [0.25, 0.3) is 0 Å². The zero-order valence-corrected chi connectivity index (χ0v) is 16.6. The average molecular weight is 371 g/mol. The smallest absolute Gasteiger partial charge is 0.276 e. The molecule has 0 saturated carbocycles. The van der Waals surface area contributed by atoms with Crippen molar-refractivity contribution >= 4 is 5.91 Å². The van der Waals surface area contributed by atoms with Gasteiger partial charge in [0.05, 0.1) is 5.69 Å². The molecule has 1 fully saturated rings. The van der Waals surface area contributed by atoms with Gasteiger partial charge in [0.15, 0.2) is 5.69 Å². The van der Waals surface area contributed by atoms with Crippen LogP contribution in [-0.4, -0.2) is 44.0 Å². The Balaban J connectivity index is 1.43. The van der Waals surface area contributed by atoms with Crippen LogP contribution in [0.15, 0.2) is 10.7 Å². The maximum atomic E-state index is 13.0. The van der Waals surface area contributed by atoms with Gasteiger partial charge in [-0.15, -0.1) is 5.10 Å². The summed E-state index contributed by atoms with van der Waals surface area (Å²) in [4.78, 5) is 15.0. The highest BCUT2D eigenvalue weighted by molar-refractivity contribution is 5.94. The molecule has 1 aliphatic heterocycles. The predicted molar refractivity (Wildman–Crippen MR) is 100 cm³/mol. The van der Waals surface area contributed by atoms with E-state index in [1.165, 1.54) is 0 Å². The van der Waals surface area contributed by atoms with Crippen LogP contribution in [0, 0.1) is 5.92 Å². The molecule has 27 heavy (non-hydrogen) atoms. The topological polar surface area (TPSA) is 77.0 Å². The molecule has 2 aromatic rings. The maximum absolute atomic E-state index is 13.0. The van der Waals surface area contributed by atoms with Gasteiger partial charge in [-0.1, -0.05) is 31.1 Å². The summed E-state index contributed by atoms with van der Waals surface area (Å²) in [5, 5.41) is 12.7. The van der Waals surface area contributed by atoms with E-state index >= 15 is 0 Å². The van der Waals surface area contributed by atoms with Crippen LogP contribution < -0.4 is 0 Å². The highest BCUT2D eigenvalue weighted by Crippen LogP contribution is 2.27. The number of aromatic nitrogens is 4. The predicted octanol–water partition coefficient (Wildman–Crippen LogP) is 2.99. The Labute approximate surface area is 160 Å². The molecular formula is C20H29N5O2. The molecule has 4 rings (SSSR count). The average Bonchev–Trinajstić information content (AvgIpc) is 3.28. The van der Waals surface area contributed by atoms with Crippen LogP contribution in [0.2, 0.25) is 0 Å². The number of hydrogen-bond acceptors (Lipinski definition) is 5. The van der Waals surface area contributed by atoms with Crippen molar-refractivity contribution in [2.45, 2.75) is 71.3 Å². The number of rotatable bonds is 3. The monoisotopic (exact) mass is 371 g/mol. The fraction of sp³-hybridized carbons (Fsp3) is 0.700. The highest BCUT2D eigenvalue weighted by atomic mass is 16.5. The van der Waals surface area contributed by atoms with Crippen molar-refractivity contribution in [3.8, 4) is 0 Å². The summed E-state index contributed by atoms with van der Waals surface area (Å²) in [6.45, 7) is 8.75. The van der Waals surface area contributed by atoms with Gasteiger partial charge in [0, 0.05) is 43.2 Å². The molecule has 2 aliphatic rings. The molecule has 146 valence electrons. The Morgan fingerprint density at radius 3 is 2.85 bits per heavy atom. The first-order valence-corrected chi connectivity index (χ1v) is 10.1. The van der Waals surface area contributed by atoms with Crippen molar-refractivity contribution in [2.24, 2.45) is 5.92 Å². The van der Waals surface area contributed by atoms with Crippen molar-refractivity contribution in [3.63, 3.8) is 0 Å². The third-order valence-corrected chi connectivity index (χ3v) is 5.71. The molecule has 1 unspecified atom stereocenters. The van der Waals surface area contributed by atoms with Crippen molar-refractivity contribution < 1.29 is 9.32 Å². The van der Waals surface area contributed by atoms with Crippen molar-refractivity contribution in [1.29, 1.82) is 0 Å². The Morgan fingerprint density at radius 1 is 1.26 bits per heavy atom. The third kappa shape index (κ3) is 3.77. The number of amides is 1. The molecule has 1 saturated heterocycles. The quantitative estimate of drug-likeness (QED) is 0.829. The summed E-state index contributed by atoms with van der Waals surface area (Å²) in [6, 6.07) is 0. The van der Waals surface area contributed by atoms with Crippen LogP contribution in [0.5, 0.6) is 0 Å². The fourth-order valence-electron chi connectivity index (χ4n) is 4.10. The van der Waals surface area contributed by atoms with Gasteiger partial charge in [-0.25, -0.2) is 0 Å². The van der Waals surface area contributed by atoms with Crippen molar-refractivity contribution in [3.05, 3.63) is 28.9 Å². The molecule has 1 amide bonds. The van der Waals surface area contributed by atoms with Crippen molar-refractivity contribution in [1.82, 2.24) is 25.1 Å². The van der Waals surface area contributed by atoms with Crippen LogP contribution in [0.3, 0.4) is 0 Å². The van der Waals surface area contributed by atoms with E-state index in [1.54, 1.807) is 0 Å². The van der Waals surface area contributed by atoms with E-state index in [1.807, 2.05) is 15.8 Å². The van der Waals surface area contributed by atoms with E-state index in [9.17, 15) is 4.79 Å². The lowest BCUT2D eigenvalue weighted by Crippen LogP contribution is -2.41. The highest BCUT2D eigenvalue weighted by Gasteiger charge is 2.31. The Kier molecular flexibility index (Phi) is 4.78.